The largest absolute Gasteiger partial charge is 0.368 e. The van der Waals surface area contributed by atoms with Crippen LogP contribution in [0, 0.1) is 25.7 Å². The zero-order chi connectivity index (χ0) is 16.7. The zero-order valence-corrected chi connectivity index (χ0v) is 14.6. The standard InChI is InChI=1S/C20H26N4/c1-13-4-3-5-18(14(13)2)19-11-17(22-20(21)23-19)10-16-12-24-8-6-15(16)7-9-24/h3-5,11,15-16H,6-10,12H2,1-2H3,(H2,21,22,23). The molecular formula is C20H26N4. The molecule has 1 aromatic heterocycles. The van der Waals surface area contributed by atoms with Crippen molar-refractivity contribution < 1.29 is 0 Å². The first kappa shape index (κ1) is 15.6. The van der Waals surface area contributed by atoms with Crippen molar-refractivity contribution >= 4 is 5.95 Å². The lowest BCUT2D eigenvalue weighted by Gasteiger charge is -2.44. The molecule has 0 aliphatic carbocycles. The average Bonchev–Trinajstić information content (AvgIpc) is 2.58. The molecule has 3 fully saturated rings. The second-order valence-corrected chi connectivity index (χ2v) is 7.45. The van der Waals surface area contributed by atoms with Crippen molar-refractivity contribution in [1.29, 1.82) is 0 Å². The Kier molecular flexibility index (Phi) is 4.01. The number of aromatic nitrogens is 2. The molecule has 2 bridgehead atoms. The van der Waals surface area contributed by atoms with Gasteiger partial charge in [-0.2, -0.15) is 0 Å². The van der Waals surface area contributed by atoms with Crippen molar-refractivity contribution in [3.05, 3.63) is 41.1 Å². The van der Waals surface area contributed by atoms with Crippen LogP contribution in [0.2, 0.25) is 0 Å². The van der Waals surface area contributed by atoms with Gasteiger partial charge < -0.3 is 10.6 Å². The Morgan fingerprint density at radius 3 is 2.67 bits per heavy atom. The number of benzene rings is 1. The van der Waals surface area contributed by atoms with E-state index in [0.717, 1.165) is 23.7 Å². The van der Waals surface area contributed by atoms with E-state index < -0.39 is 0 Å². The van der Waals surface area contributed by atoms with Gasteiger partial charge >= 0.3 is 0 Å². The van der Waals surface area contributed by atoms with E-state index in [9.17, 15) is 0 Å². The van der Waals surface area contributed by atoms with E-state index >= 15 is 0 Å². The lowest BCUT2D eigenvalue weighted by Crippen LogP contribution is -2.48. The number of hydrogen-bond acceptors (Lipinski definition) is 4. The van der Waals surface area contributed by atoms with Crippen LogP contribution in [0.5, 0.6) is 0 Å². The molecule has 2 N–H and O–H groups in total. The molecule has 0 spiro atoms. The number of nitrogens with two attached hydrogens (primary N) is 1. The molecule has 126 valence electrons. The van der Waals surface area contributed by atoms with Crippen LogP contribution < -0.4 is 5.73 Å². The Morgan fingerprint density at radius 2 is 1.96 bits per heavy atom. The zero-order valence-electron chi connectivity index (χ0n) is 14.6. The van der Waals surface area contributed by atoms with Crippen molar-refractivity contribution in [3.8, 4) is 11.3 Å². The lowest BCUT2D eigenvalue weighted by atomic mass is 9.77. The van der Waals surface area contributed by atoms with Crippen LogP contribution >= 0.6 is 0 Å². The molecule has 4 nitrogen and oxygen atoms in total. The quantitative estimate of drug-likeness (QED) is 0.942. The third-order valence-electron chi connectivity index (χ3n) is 5.94. The summed E-state index contributed by atoms with van der Waals surface area (Å²) in [7, 11) is 0. The predicted octanol–water partition coefficient (Wildman–Crippen LogP) is 3.23. The van der Waals surface area contributed by atoms with Gasteiger partial charge in [-0.3, -0.25) is 0 Å². The fraction of sp³-hybridized carbons (Fsp3) is 0.500. The maximum Gasteiger partial charge on any atom is 0.220 e. The first-order chi connectivity index (χ1) is 11.6. The fourth-order valence-corrected chi connectivity index (χ4v) is 4.38. The van der Waals surface area contributed by atoms with Crippen LogP contribution in [-0.2, 0) is 6.42 Å². The Hall–Kier alpha value is -1.94. The number of rotatable bonds is 3. The third kappa shape index (κ3) is 2.91. The fourth-order valence-electron chi connectivity index (χ4n) is 4.38. The molecule has 3 aliphatic heterocycles. The number of fused-ring (bicyclic) bond motifs is 3. The summed E-state index contributed by atoms with van der Waals surface area (Å²) >= 11 is 0. The number of anilines is 1. The Labute approximate surface area is 144 Å². The number of nitrogen functional groups attached to an aromatic ring is 1. The first-order valence-corrected chi connectivity index (χ1v) is 9.02. The second-order valence-electron chi connectivity index (χ2n) is 7.45. The van der Waals surface area contributed by atoms with E-state index in [1.54, 1.807) is 0 Å². The van der Waals surface area contributed by atoms with E-state index in [1.165, 1.54) is 49.2 Å². The summed E-state index contributed by atoms with van der Waals surface area (Å²) in [6.07, 6.45) is 3.70. The number of piperidine rings is 3. The highest BCUT2D eigenvalue weighted by Crippen LogP contribution is 2.34. The monoisotopic (exact) mass is 322 g/mol. The van der Waals surface area contributed by atoms with Gasteiger partial charge in [0.2, 0.25) is 5.95 Å². The Balaban J connectivity index is 1.63. The first-order valence-electron chi connectivity index (χ1n) is 9.02. The van der Waals surface area contributed by atoms with E-state index in [0.29, 0.717) is 11.9 Å². The molecule has 1 aromatic carbocycles. The molecule has 0 amide bonds. The molecule has 2 aromatic rings. The Bertz CT molecular complexity index is 747. The predicted molar refractivity (Wildman–Crippen MR) is 97.7 cm³/mol. The maximum atomic E-state index is 6.03. The molecule has 3 aliphatic rings. The molecule has 1 unspecified atom stereocenters. The van der Waals surface area contributed by atoms with Gasteiger partial charge in [-0.15, -0.1) is 0 Å². The van der Waals surface area contributed by atoms with E-state index in [4.69, 9.17) is 5.73 Å². The van der Waals surface area contributed by atoms with Gasteiger partial charge in [0.15, 0.2) is 0 Å². The minimum Gasteiger partial charge on any atom is -0.368 e. The van der Waals surface area contributed by atoms with Gasteiger partial charge in [0.1, 0.15) is 0 Å². The minimum atomic E-state index is 0.393. The average molecular weight is 322 g/mol. The SMILES string of the molecule is Cc1cccc(-c2cc(CC3CN4CCC3CC4)nc(N)n2)c1C. The van der Waals surface area contributed by atoms with Crippen molar-refractivity contribution in [2.45, 2.75) is 33.1 Å². The number of hydrogen-bond donors (Lipinski definition) is 1. The summed E-state index contributed by atoms with van der Waals surface area (Å²) in [5, 5.41) is 0. The van der Waals surface area contributed by atoms with Crippen LogP contribution in [0.25, 0.3) is 11.3 Å². The summed E-state index contributed by atoms with van der Waals surface area (Å²) in [4.78, 5) is 11.6. The van der Waals surface area contributed by atoms with Gasteiger partial charge in [-0.05, 0) is 75.2 Å². The topological polar surface area (TPSA) is 55.0 Å². The molecule has 4 heteroatoms. The summed E-state index contributed by atoms with van der Waals surface area (Å²) in [6, 6.07) is 8.50. The van der Waals surface area contributed by atoms with Crippen molar-refractivity contribution in [2.24, 2.45) is 11.8 Å². The Morgan fingerprint density at radius 1 is 1.17 bits per heavy atom. The number of aryl methyl sites for hydroxylation is 1. The highest BCUT2D eigenvalue weighted by molar-refractivity contribution is 5.66. The molecular weight excluding hydrogens is 296 g/mol. The van der Waals surface area contributed by atoms with E-state index in [2.05, 4.69) is 53.0 Å². The van der Waals surface area contributed by atoms with Crippen molar-refractivity contribution in [3.63, 3.8) is 0 Å². The van der Waals surface area contributed by atoms with Crippen LogP contribution in [-0.4, -0.2) is 34.5 Å². The highest BCUT2D eigenvalue weighted by Gasteiger charge is 2.34. The third-order valence-corrected chi connectivity index (χ3v) is 5.94. The molecule has 0 saturated carbocycles. The van der Waals surface area contributed by atoms with E-state index in [-0.39, 0.29) is 0 Å². The summed E-state index contributed by atoms with van der Waals surface area (Å²) in [6.45, 7) is 8.06. The van der Waals surface area contributed by atoms with Gasteiger partial charge in [0.25, 0.3) is 0 Å². The molecule has 0 radical (unpaired) electrons. The number of nitrogens with zero attached hydrogens (tertiary/aromatic N) is 3. The summed E-state index contributed by atoms with van der Waals surface area (Å²) in [5.41, 5.74) is 11.8. The van der Waals surface area contributed by atoms with Crippen LogP contribution in [0.3, 0.4) is 0 Å². The lowest BCUT2D eigenvalue weighted by molar-refractivity contribution is 0.0508. The summed E-state index contributed by atoms with van der Waals surface area (Å²) < 4.78 is 0. The molecule has 4 heterocycles. The van der Waals surface area contributed by atoms with Gasteiger partial charge in [-0.25, -0.2) is 9.97 Å². The molecule has 24 heavy (non-hydrogen) atoms. The minimum absolute atomic E-state index is 0.393. The van der Waals surface area contributed by atoms with Crippen LogP contribution in [0.1, 0.15) is 29.7 Å². The maximum absolute atomic E-state index is 6.03. The molecule has 1 atom stereocenters. The highest BCUT2D eigenvalue weighted by atomic mass is 15.1. The van der Waals surface area contributed by atoms with Gasteiger partial charge in [-0.1, -0.05) is 18.2 Å². The van der Waals surface area contributed by atoms with Crippen molar-refractivity contribution in [1.82, 2.24) is 14.9 Å². The normalized spacial score (nSPS) is 25.8. The second kappa shape index (κ2) is 6.17. The van der Waals surface area contributed by atoms with Crippen LogP contribution in [0.4, 0.5) is 5.95 Å². The smallest absolute Gasteiger partial charge is 0.220 e. The molecule has 3 saturated heterocycles. The summed E-state index contributed by atoms with van der Waals surface area (Å²) in [5.74, 6) is 1.97. The van der Waals surface area contributed by atoms with E-state index in [1.807, 2.05) is 0 Å². The molecule has 5 rings (SSSR count). The van der Waals surface area contributed by atoms with Crippen LogP contribution in [0.15, 0.2) is 24.3 Å². The van der Waals surface area contributed by atoms with Crippen molar-refractivity contribution in [2.75, 3.05) is 25.4 Å². The van der Waals surface area contributed by atoms with Gasteiger partial charge in [0.05, 0.1) is 5.69 Å². The van der Waals surface area contributed by atoms with Gasteiger partial charge in [0, 0.05) is 17.8 Å².